The SMILES string of the molecule is Cc1c(O)[nH]c(O)c1C(=O)C(NC(=O)C[C@H](NC(=O)c1ccccn1)c1ccccc1)C1CCC1. The Morgan fingerprint density at radius 3 is 2.31 bits per heavy atom. The fourth-order valence-electron chi connectivity index (χ4n) is 4.28. The summed E-state index contributed by atoms with van der Waals surface area (Å²) in [7, 11) is 0. The summed E-state index contributed by atoms with van der Waals surface area (Å²) in [5.74, 6) is -2.06. The molecule has 1 aromatic carbocycles. The van der Waals surface area contributed by atoms with Crippen molar-refractivity contribution in [2.75, 3.05) is 0 Å². The lowest BCUT2D eigenvalue weighted by atomic mass is 9.77. The minimum atomic E-state index is -0.848. The maximum absolute atomic E-state index is 13.3. The molecule has 182 valence electrons. The van der Waals surface area contributed by atoms with Crippen LogP contribution in [0.5, 0.6) is 11.8 Å². The Labute approximate surface area is 202 Å². The number of Topliss-reactive ketones (excluding diaryl/α,β-unsaturated/α-hetero) is 1. The molecule has 0 radical (unpaired) electrons. The molecule has 2 amide bonds. The number of pyridine rings is 1. The molecule has 4 rings (SSSR count). The minimum absolute atomic E-state index is 0.0252. The van der Waals surface area contributed by atoms with Crippen molar-refractivity contribution in [1.82, 2.24) is 20.6 Å². The molecule has 1 aliphatic carbocycles. The highest BCUT2D eigenvalue weighted by Gasteiger charge is 2.37. The van der Waals surface area contributed by atoms with Gasteiger partial charge in [-0.25, -0.2) is 0 Å². The van der Waals surface area contributed by atoms with Gasteiger partial charge in [0.15, 0.2) is 11.7 Å². The van der Waals surface area contributed by atoms with Gasteiger partial charge in [0.25, 0.3) is 5.91 Å². The van der Waals surface area contributed by atoms with Gasteiger partial charge in [0.05, 0.1) is 24.1 Å². The van der Waals surface area contributed by atoms with Crippen LogP contribution in [-0.2, 0) is 4.79 Å². The Bertz CT molecular complexity index is 1210. The molecule has 5 N–H and O–H groups in total. The number of aromatic amines is 1. The first kappa shape index (κ1) is 24.0. The average Bonchev–Trinajstić information content (AvgIpc) is 3.08. The first-order valence-electron chi connectivity index (χ1n) is 11.6. The monoisotopic (exact) mass is 476 g/mol. The third-order valence-electron chi connectivity index (χ3n) is 6.46. The van der Waals surface area contributed by atoms with E-state index in [4.69, 9.17) is 0 Å². The molecule has 2 atom stereocenters. The van der Waals surface area contributed by atoms with Gasteiger partial charge in [-0.05, 0) is 43.4 Å². The summed E-state index contributed by atoms with van der Waals surface area (Å²) in [6.07, 6.45) is 3.91. The molecule has 1 aliphatic rings. The Balaban J connectivity index is 1.53. The summed E-state index contributed by atoms with van der Waals surface area (Å²) in [6.45, 7) is 1.52. The number of nitrogens with zero attached hydrogens (tertiary/aromatic N) is 1. The second-order valence-electron chi connectivity index (χ2n) is 8.78. The van der Waals surface area contributed by atoms with Crippen molar-refractivity contribution in [3.63, 3.8) is 0 Å². The quantitative estimate of drug-likeness (QED) is 0.300. The fourth-order valence-corrected chi connectivity index (χ4v) is 4.28. The van der Waals surface area contributed by atoms with Crippen molar-refractivity contribution in [2.24, 2.45) is 5.92 Å². The van der Waals surface area contributed by atoms with Gasteiger partial charge in [0.1, 0.15) is 5.69 Å². The molecular weight excluding hydrogens is 448 g/mol. The number of aromatic nitrogens is 2. The van der Waals surface area contributed by atoms with Crippen molar-refractivity contribution in [1.29, 1.82) is 0 Å². The number of aromatic hydroxyl groups is 2. The van der Waals surface area contributed by atoms with E-state index in [1.54, 1.807) is 18.2 Å². The zero-order valence-electron chi connectivity index (χ0n) is 19.3. The van der Waals surface area contributed by atoms with Crippen molar-refractivity contribution < 1.29 is 24.6 Å². The fraction of sp³-hybridized carbons (Fsp3) is 0.308. The molecule has 0 aliphatic heterocycles. The number of carbonyl (C=O) groups excluding carboxylic acids is 3. The van der Waals surface area contributed by atoms with Crippen molar-refractivity contribution in [2.45, 2.75) is 44.7 Å². The van der Waals surface area contributed by atoms with Crippen LogP contribution in [0.1, 0.15) is 63.7 Å². The van der Waals surface area contributed by atoms with E-state index in [0.29, 0.717) is 0 Å². The molecule has 1 fully saturated rings. The van der Waals surface area contributed by atoms with Gasteiger partial charge in [-0.3, -0.25) is 24.4 Å². The van der Waals surface area contributed by atoms with E-state index >= 15 is 0 Å². The molecule has 9 heteroatoms. The Morgan fingerprint density at radius 1 is 1.03 bits per heavy atom. The molecule has 35 heavy (non-hydrogen) atoms. The van der Waals surface area contributed by atoms with Gasteiger partial charge in [0.2, 0.25) is 11.8 Å². The normalized spacial score (nSPS) is 15.0. The highest BCUT2D eigenvalue weighted by Crippen LogP contribution is 2.35. The van der Waals surface area contributed by atoms with Crippen LogP contribution in [0.4, 0.5) is 0 Å². The van der Waals surface area contributed by atoms with E-state index in [-0.39, 0.29) is 35.0 Å². The summed E-state index contributed by atoms with van der Waals surface area (Å²) in [4.78, 5) is 45.6. The Kier molecular flexibility index (Phi) is 7.14. The highest BCUT2D eigenvalue weighted by molar-refractivity contribution is 6.05. The number of ketones is 1. The van der Waals surface area contributed by atoms with E-state index in [2.05, 4.69) is 20.6 Å². The molecule has 1 saturated carbocycles. The van der Waals surface area contributed by atoms with Crippen LogP contribution in [-0.4, -0.2) is 43.8 Å². The third kappa shape index (κ3) is 5.34. The number of rotatable bonds is 9. The lowest BCUT2D eigenvalue weighted by molar-refractivity contribution is -0.122. The molecule has 0 saturated heterocycles. The smallest absolute Gasteiger partial charge is 0.270 e. The average molecular weight is 477 g/mol. The Hall–Kier alpha value is -4.14. The van der Waals surface area contributed by atoms with Crippen LogP contribution in [0.15, 0.2) is 54.7 Å². The molecule has 2 aromatic heterocycles. The summed E-state index contributed by atoms with van der Waals surface area (Å²) >= 11 is 0. The molecule has 1 unspecified atom stereocenters. The van der Waals surface area contributed by atoms with Gasteiger partial charge < -0.3 is 20.8 Å². The number of carbonyl (C=O) groups is 3. The van der Waals surface area contributed by atoms with Gasteiger partial charge in [0, 0.05) is 11.8 Å². The number of H-pyrrole nitrogens is 1. The van der Waals surface area contributed by atoms with Crippen LogP contribution >= 0.6 is 0 Å². The minimum Gasteiger partial charge on any atom is -0.494 e. The summed E-state index contributed by atoms with van der Waals surface area (Å²) in [6, 6.07) is 12.6. The van der Waals surface area contributed by atoms with E-state index in [9.17, 15) is 24.6 Å². The number of nitrogens with one attached hydrogen (secondary N) is 3. The number of hydrogen-bond donors (Lipinski definition) is 5. The van der Waals surface area contributed by atoms with Crippen LogP contribution in [0.25, 0.3) is 0 Å². The van der Waals surface area contributed by atoms with Crippen LogP contribution in [0.2, 0.25) is 0 Å². The van der Waals surface area contributed by atoms with E-state index in [1.165, 1.54) is 13.1 Å². The second kappa shape index (κ2) is 10.4. The van der Waals surface area contributed by atoms with E-state index in [1.807, 2.05) is 30.3 Å². The van der Waals surface area contributed by atoms with Gasteiger partial charge >= 0.3 is 0 Å². The molecule has 9 nitrogen and oxygen atoms in total. The maximum atomic E-state index is 13.3. The first-order valence-corrected chi connectivity index (χ1v) is 11.6. The number of benzene rings is 1. The van der Waals surface area contributed by atoms with Crippen LogP contribution < -0.4 is 10.6 Å². The van der Waals surface area contributed by atoms with Crippen molar-refractivity contribution in [3.8, 4) is 11.8 Å². The van der Waals surface area contributed by atoms with Gasteiger partial charge in [-0.15, -0.1) is 0 Å². The largest absolute Gasteiger partial charge is 0.494 e. The lowest BCUT2D eigenvalue weighted by Crippen LogP contribution is -2.49. The predicted octanol–water partition coefficient (Wildman–Crippen LogP) is 3.16. The predicted molar refractivity (Wildman–Crippen MR) is 128 cm³/mol. The summed E-state index contributed by atoms with van der Waals surface area (Å²) in [5, 5.41) is 25.7. The first-order chi connectivity index (χ1) is 16.8. The third-order valence-corrected chi connectivity index (χ3v) is 6.46. The zero-order chi connectivity index (χ0) is 24.9. The molecule has 2 heterocycles. The van der Waals surface area contributed by atoms with Gasteiger partial charge in [-0.1, -0.05) is 42.8 Å². The van der Waals surface area contributed by atoms with E-state index < -0.39 is 35.6 Å². The Morgan fingerprint density at radius 2 is 1.74 bits per heavy atom. The lowest BCUT2D eigenvalue weighted by Gasteiger charge is -2.33. The highest BCUT2D eigenvalue weighted by atomic mass is 16.3. The number of amides is 2. The van der Waals surface area contributed by atoms with Crippen LogP contribution in [0, 0.1) is 12.8 Å². The topological polar surface area (TPSA) is 144 Å². The van der Waals surface area contributed by atoms with Gasteiger partial charge in [-0.2, -0.15) is 0 Å². The standard InChI is InChI=1S/C26H28N4O5/c1-15-21(26(35)30-24(15)33)23(32)22(17-10-7-11-17)29-20(31)14-19(16-8-3-2-4-9-16)28-25(34)18-12-5-6-13-27-18/h2-6,8-9,12-13,17,19,22,30,33,35H,7,10-11,14H2,1H3,(H,28,34)(H,29,31)/t19-,22?/m0/s1. The maximum Gasteiger partial charge on any atom is 0.270 e. The van der Waals surface area contributed by atoms with Crippen molar-refractivity contribution >= 4 is 17.6 Å². The zero-order valence-corrected chi connectivity index (χ0v) is 19.3. The molecular formula is C26H28N4O5. The van der Waals surface area contributed by atoms with E-state index in [0.717, 1.165) is 24.8 Å². The molecule has 0 spiro atoms. The molecule has 3 aromatic rings. The molecule has 0 bridgehead atoms. The van der Waals surface area contributed by atoms with Crippen molar-refractivity contribution in [3.05, 3.63) is 77.1 Å². The number of hydrogen-bond acceptors (Lipinski definition) is 6. The summed E-state index contributed by atoms with van der Waals surface area (Å²) in [5.41, 5.74) is 1.18. The van der Waals surface area contributed by atoms with Crippen LogP contribution in [0.3, 0.4) is 0 Å². The second-order valence-corrected chi connectivity index (χ2v) is 8.78. The summed E-state index contributed by atoms with van der Waals surface area (Å²) < 4.78 is 0.